The number of para-hydroxylation sites is 3. The molecule has 9 nitrogen and oxygen atoms in total. The topological polar surface area (TPSA) is 136 Å². The number of unbranched alkanes of at least 4 members (excludes halogenated alkanes) is 3. The van der Waals surface area contributed by atoms with E-state index in [-0.39, 0.29) is 30.6 Å². The number of hydrogen-bond acceptors (Lipinski definition) is 9. The van der Waals surface area contributed by atoms with Crippen molar-refractivity contribution < 1.29 is 24.2 Å². The van der Waals surface area contributed by atoms with Crippen LogP contribution in [-0.2, 0) is 32.2 Å². The molecule has 1 aliphatic rings. The van der Waals surface area contributed by atoms with Crippen LogP contribution in [0.4, 0.5) is 11.4 Å². The summed E-state index contributed by atoms with van der Waals surface area (Å²) >= 11 is 3.42. The molecule has 2 amide bonds. The van der Waals surface area contributed by atoms with Gasteiger partial charge in [-0.1, -0.05) is 122 Å². The molecule has 0 aliphatic carbocycles. The molecule has 1 aliphatic heterocycles. The first-order valence-electron chi connectivity index (χ1n) is 19.5. The second-order valence-corrected chi connectivity index (χ2v) is 16.5. The van der Waals surface area contributed by atoms with E-state index in [2.05, 4.69) is 47.0 Å². The lowest BCUT2D eigenvalue weighted by Crippen LogP contribution is -2.31. The van der Waals surface area contributed by atoms with Crippen LogP contribution in [0.25, 0.3) is 21.3 Å². The van der Waals surface area contributed by atoms with Crippen molar-refractivity contribution in [3.05, 3.63) is 144 Å². The standard InChI is InChI=1S/C46H48N4O5S2/c47-38-13-7-8-14-39(38)49-44(53)18-4-2-1-3-17-43(52)48-28-35-11-5-6-12-37(35)32-23-25-34(26-24-32)45-54-36(27-41(55-45)33-21-19-31(29-51)20-22-33)30-56-46-50-40-15-9-10-16-42(40)57-46/h5-16,19-26,36,41,45,51H,1-4,17-18,27-30,47H2,(H,48,52)(H,49,53)/t36-,41+,45+/m0/s1. The van der Waals surface area contributed by atoms with Crippen molar-refractivity contribution in [1.82, 2.24) is 10.3 Å². The molecule has 6 aromatic rings. The van der Waals surface area contributed by atoms with E-state index in [9.17, 15) is 14.7 Å². The number of nitrogens with two attached hydrogens (primary N) is 1. The fraction of sp³-hybridized carbons (Fsp3) is 0.283. The van der Waals surface area contributed by atoms with Crippen molar-refractivity contribution in [2.45, 2.75) is 80.9 Å². The highest BCUT2D eigenvalue weighted by Crippen LogP contribution is 2.41. The molecule has 2 heterocycles. The summed E-state index contributed by atoms with van der Waals surface area (Å²) in [6, 6.07) is 39.8. The normalized spacial score (nSPS) is 16.7. The Hall–Kier alpha value is -5.04. The van der Waals surface area contributed by atoms with Gasteiger partial charge in [0.1, 0.15) is 0 Å². The van der Waals surface area contributed by atoms with Gasteiger partial charge >= 0.3 is 0 Å². The average Bonchev–Trinajstić information content (AvgIpc) is 3.68. The fourth-order valence-electron chi connectivity index (χ4n) is 6.91. The number of nitrogens with zero attached hydrogens (tertiary/aromatic N) is 1. The molecule has 294 valence electrons. The molecular weight excluding hydrogens is 753 g/mol. The Morgan fingerprint density at radius 1 is 0.789 bits per heavy atom. The maximum atomic E-state index is 12.8. The minimum Gasteiger partial charge on any atom is -0.397 e. The van der Waals surface area contributed by atoms with Gasteiger partial charge in [-0.3, -0.25) is 9.59 Å². The second-order valence-electron chi connectivity index (χ2n) is 14.2. The van der Waals surface area contributed by atoms with Crippen LogP contribution < -0.4 is 16.4 Å². The number of carbonyl (C=O) groups excluding carboxylic acids is 2. The molecule has 0 spiro atoms. The zero-order chi connectivity index (χ0) is 39.4. The van der Waals surface area contributed by atoms with Crippen molar-refractivity contribution in [1.29, 1.82) is 0 Å². The van der Waals surface area contributed by atoms with E-state index in [0.29, 0.717) is 37.2 Å². The van der Waals surface area contributed by atoms with Crippen LogP contribution in [0.15, 0.2) is 126 Å². The van der Waals surface area contributed by atoms with Crippen LogP contribution in [0.5, 0.6) is 0 Å². The third-order valence-corrected chi connectivity index (χ3v) is 12.4. The number of benzene rings is 5. The van der Waals surface area contributed by atoms with Crippen LogP contribution in [0.1, 0.15) is 79.6 Å². The maximum Gasteiger partial charge on any atom is 0.224 e. The quantitative estimate of drug-likeness (QED) is 0.0407. The minimum absolute atomic E-state index is 0.00221. The number of nitrogen functional groups attached to an aromatic ring is 1. The third-order valence-electron chi connectivity index (χ3n) is 10.1. The van der Waals surface area contributed by atoms with Crippen LogP contribution >= 0.6 is 23.1 Å². The lowest BCUT2D eigenvalue weighted by atomic mass is 9.97. The van der Waals surface area contributed by atoms with Crippen LogP contribution in [-0.4, -0.2) is 33.8 Å². The number of nitrogens with one attached hydrogen (secondary N) is 2. The molecule has 1 saturated heterocycles. The van der Waals surface area contributed by atoms with E-state index in [0.717, 1.165) is 74.7 Å². The van der Waals surface area contributed by atoms with Gasteiger partial charge in [-0.25, -0.2) is 4.98 Å². The van der Waals surface area contributed by atoms with Gasteiger partial charge in [-0.15, -0.1) is 11.3 Å². The first kappa shape index (κ1) is 40.2. The highest BCUT2D eigenvalue weighted by atomic mass is 32.2. The number of aromatic nitrogens is 1. The number of ether oxygens (including phenoxy) is 2. The zero-order valence-electron chi connectivity index (χ0n) is 31.8. The smallest absolute Gasteiger partial charge is 0.224 e. The number of anilines is 2. The Balaban J connectivity index is 0.921. The molecule has 57 heavy (non-hydrogen) atoms. The number of rotatable bonds is 17. The van der Waals surface area contributed by atoms with Crippen LogP contribution in [0, 0.1) is 0 Å². The van der Waals surface area contributed by atoms with Gasteiger partial charge in [-0.2, -0.15) is 0 Å². The Kier molecular flexibility index (Phi) is 14.0. The molecule has 0 radical (unpaired) electrons. The summed E-state index contributed by atoms with van der Waals surface area (Å²) in [5.74, 6) is 0.706. The predicted octanol–water partition coefficient (Wildman–Crippen LogP) is 9.97. The van der Waals surface area contributed by atoms with Gasteiger partial charge in [0.25, 0.3) is 0 Å². The average molecular weight is 801 g/mol. The van der Waals surface area contributed by atoms with Gasteiger partial charge in [0.15, 0.2) is 10.6 Å². The van der Waals surface area contributed by atoms with Gasteiger partial charge < -0.3 is 30.9 Å². The van der Waals surface area contributed by atoms with Crippen LogP contribution in [0.2, 0.25) is 0 Å². The molecule has 0 saturated carbocycles. The Morgan fingerprint density at radius 3 is 2.26 bits per heavy atom. The summed E-state index contributed by atoms with van der Waals surface area (Å²) in [6.07, 6.45) is 4.05. The number of aliphatic hydroxyl groups is 1. The molecular formula is C46H48N4O5S2. The lowest BCUT2D eigenvalue weighted by Gasteiger charge is -2.36. The zero-order valence-corrected chi connectivity index (χ0v) is 33.4. The fourth-order valence-corrected chi connectivity index (χ4v) is 9.02. The van der Waals surface area contributed by atoms with Crippen molar-refractivity contribution in [2.75, 3.05) is 16.8 Å². The number of carbonyl (C=O) groups is 2. The van der Waals surface area contributed by atoms with E-state index in [4.69, 9.17) is 20.2 Å². The summed E-state index contributed by atoms with van der Waals surface area (Å²) in [6.45, 7) is 0.428. The Labute approximate surface area is 342 Å². The van der Waals surface area contributed by atoms with Crippen molar-refractivity contribution in [3.63, 3.8) is 0 Å². The number of thioether (sulfide) groups is 1. The number of hydrogen-bond donors (Lipinski definition) is 4. The largest absolute Gasteiger partial charge is 0.397 e. The Bertz CT molecular complexity index is 2210. The highest BCUT2D eigenvalue weighted by Gasteiger charge is 2.32. The molecule has 5 N–H and O–H groups in total. The van der Waals surface area contributed by atoms with E-state index < -0.39 is 6.29 Å². The SMILES string of the molecule is Nc1ccccc1NC(=O)CCCCCCC(=O)NCc1ccccc1-c1ccc([C@@H]2O[C@H](CSc3nc4ccccc4s3)C[C@H](c3ccc(CO)cc3)O2)cc1. The van der Waals surface area contributed by atoms with Gasteiger partial charge in [0.05, 0.1) is 40.4 Å². The maximum absolute atomic E-state index is 12.8. The number of thiazole rings is 1. The Morgan fingerprint density at radius 2 is 1.49 bits per heavy atom. The molecule has 3 atom stereocenters. The summed E-state index contributed by atoms with van der Waals surface area (Å²) in [7, 11) is 0. The van der Waals surface area contributed by atoms with Crippen molar-refractivity contribution in [3.8, 4) is 11.1 Å². The van der Waals surface area contributed by atoms with Gasteiger partial charge in [-0.05, 0) is 64.9 Å². The van der Waals surface area contributed by atoms with E-state index in [1.807, 2.05) is 72.8 Å². The molecule has 5 aromatic carbocycles. The first-order valence-corrected chi connectivity index (χ1v) is 21.3. The number of aliphatic hydroxyl groups excluding tert-OH is 1. The number of amides is 2. The van der Waals surface area contributed by atoms with E-state index >= 15 is 0 Å². The van der Waals surface area contributed by atoms with Crippen molar-refractivity contribution in [2.24, 2.45) is 0 Å². The monoisotopic (exact) mass is 800 g/mol. The highest BCUT2D eigenvalue weighted by molar-refractivity contribution is 8.01. The molecule has 0 bridgehead atoms. The minimum atomic E-state index is -0.559. The van der Waals surface area contributed by atoms with Gasteiger partial charge in [0.2, 0.25) is 11.8 Å². The molecule has 1 aromatic heterocycles. The van der Waals surface area contributed by atoms with E-state index in [1.54, 1.807) is 35.2 Å². The second kappa shape index (κ2) is 19.9. The summed E-state index contributed by atoms with van der Waals surface area (Å²) < 4.78 is 15.4. The summed E-state index contributed by atoms with van der Waals surface area (Å²) in [5.41, 5.74) is 14.1. The molecule has 1 fully saturated rings. The number of fused-ring (bicyclic) bond motifs is 1. The van der Waals surface area contributed by atoms with Gasteiger partial charge in [0, 0.05) is 37.1 Å². The molecule has 0 unspecified atom stereocenters. The van der Waals surface area contributed by atoms with Crippen molar-refractivity contribution >= 4 is 56.5 Å². The summed E-state index contributed by atoms with van der Waals surface area (Å²) in [4.78, 5) is 29.9. The first-order chi connectivity index (χ1) is 27.9. The molecule has 7 rings (SSSR count). The lowest BCUT2D eigenvalue weighted by molar-refractivity contribution is -0.245. The third kappa shape index (κ3) is 11.1. The molecule has 11 heteroatoms. The van der Waals surface area contributed by atoms with Crippen LogP contribution in [0.3, 0.4) is 0 Å². The predicted molar refractivity (Wildman–Crippen MR) is 230 cm³/mol. The van der Waals surface area contributed by atoms with E-state index in [1.165, 1.54) is 4.70 Å². The summed E-state index contributed by atoms with van der Waals surface area (Å²) in [5, 5.41) is 15.6.